The Labute approximate surface area is 128 Å². The Kier molecular flexibility index (Phi) is 8.51. The molecule has 1 aromatic rings. The second-order valence-electron chi connectivity index (χ2n) is 5.77. The third-order valence-electron chi connectivity index (χ3n) is 3.98. The fourth-order valence-electron chi connectivity index (χ4n) is 2.67. The van der Waals surface area contributed by atoms with Gasteiger partial charge in [-0.15, -0.1) is 0 Å². The third kappa shape index (κ3) is 5.74. The van der Waals surface area contributed by atoms with Crippen molar-refractivity contribution in [3.63, 3.8) is 0 Å². The molecule has 1 N–H and O–H groups in total. The Morgan fingerprint density at radius 2 is 1.62 bits per heavy atom. The average Bonchev–Trinajstić information content (AvgIpc) is 2.48. The Hall–Kier alpha value is -0.960. The summed E-state index contributed by atoms with van der Waals surface area (Å²) in [6, 6.07) is 3.30. The molecule has 0 aromatic heterocycles. The molecule has 0 heterocycles. The summed E-state index contributed by atoms with van der Waals surface area (Å²) < 4.78 is 27.8. The Morgan fingerprint density at radius 3 is 2.29 bits per heavy atom. The number of halogens is 2. The van der Waals surface area contributed by atoms with Crippen LogP contribution in [-0.2, 0) is 0 Å². The summed E-state index contributed by atoms with van der Waals surface area (Å²) in [6.07, 6.45) is 8.11. The van der Waals surface area contributed by atoms with Gasteiger partial charge in [0.25, 0.3) is 0 Å². The summed E-state index contributed by atoms with van der Waals surface area (Å²) in [5, 5.41) is 3.28. The van der Waals surface area contributed by atoms with E-state index in [-0.39, 0.29) is 6.04 Å². The van der Waals surface area contributed by atoms with Crippen molar-refractivity contribution in [2.75, 3.05) is 6.54 Å². The van der Waals surface area contributed by atoms with E-state index < -0.39 is 11.6 Å². The molecule has 0 aliphatic heterocycles. The van der Waals surface area contributed by atoms with Crippen molar-refractivity contribution in [3.8, 4) is 0 Å². The molecular weight excluding hydrogens is 268 g/mol. The van der Waals surface area contributed by atoms with Gasteiger partial charge in [-0.2, -0.15) is 0 Å². The number of hydrogen-bond acceptors (Lipinski definition) is 1. The largest absolute Gasteiger partial charge is 0.310 e. The molecule has 1 unspecified atom stereocenters. The Bertz CT molecular complexity index is 418. The molecule has 1 aromatic carbocycles. The molecule has 0 amide bonds. The normalized spacial score (nSPS) is 12.6. The van der Waals surface area contributed by atoms with Gasteiger partial charge in [0.1, 0.15) is 0 Å². The van der Waals surface area contributed by atoms with E-state index >= 15 is 0 Å². The molecule has 0 saturated heterocycles. The van der Waals surface area contributed by atoms with E-state index in [0.29, 0.717) is 11.1 Å². The van der Waals surface area contributed by atoms with Crippen LogP contribution in [0.5, 0.6) is 0 Å². The molecule has 0 saturated carbocycles. The van der Waals surface area contributed by atoms with Crippen LogP contribution in [0.3, 0.4) is 0 Å². The summed E-state index contributed by atoms with van der Waals surface area (Å²) in [7, 11) is 0. The van der Waals surface area contributed by atoms with E-state index in [1.807, 2.05) is 6.92 Å². The van der Waals surface area contributed by atoms with Crippen LogP contribution >= 0.6 is 0 Å². The van der Waals surface area contributed by atoms with Crippen LogP contribution in [0.4, 0.5) is 8.78 Å². The van der Waals surface area contributed by atoms with Gasteiger partial charge in [-0.05, 0) is 25.5 Å². The van der Waals surface area contributed by atoms with E-state index in [1.54, 1.807) is 19.1 Å². The topological polar surface area (TPSA) is 12.0 Å². The molecule has 1 atom stereocenters. The standard InChI is InChI=1S/C18H29F2N/c1-4-6-7-8-9-10-11-16(21-5-2)15-13-12-14(3)17(19)18(15)20/h12-13,16,21H,4-11H2,1-3H3. The summed E-state index contributed by atoms with van der Waals surface area (Å²) in [4.78, 5) is 0. The Balaban J connectivity index is 2.59. The zero-order valence-electron chi connectivity index (χ0n) is 13.6. The zero-order valence-corrected chi connectivity index (χ0v) is 13.6. The monoisotopic (exact) mass is 297 g/mol. The number of hydrogen-bond donors (Lipinski definition) is 1. The maximum Gasteiger partial charge on any atom is 0.163 e. The maximum atomic E-state index is 14.1. The predicted octanol–water partition coefficient (Wildman–Crippen LogP) is 5.67. The van der Waals surface area contributed by atoms with Crippen molar-refractivity contribution < 1.29 is 8.78 Å². The summed E-state index contributed by atoms with van der Waals surface area (Å²) in [5.74, 6) is -1.40. The second-order valence-corrected chi connectivity index (χ2v) is 5.77. The van der Waals surface area contributed by atoms with E-state index in [1.165, 1.54) is 25.7 Å². The lowest BCUT2D eigenvalue weighted by Crippen LogP contribution is -2.22. The number of benzene rings is 1. The van der Waals surface area contributed by atoms with Crippen LogP contribution in [0.15, 0.2) is 12.1 Å². The SMILES string of the molecule is CCCCCCCCC(NCC)c1ccc(C)c(F)c1F. The van der Waals surface area contributed by atoms with Gasteiger partial charge >= 0.3 is 0 Å². The number of aryl methyl sites for hydroxylation is 1. The van der Waals surface area contributed by atoms with E-state index in [9.17, 15) is 8.78 Å². The van der Waals surface area contributed by atoms with Gasteiger partial charge < -0.3 is 5.32 Å². The summed E-state index contributed by atoms with van der Waals surface area (Å²) in [5.41, 5.74) is 0.833. The molecule has 0 radical (unpaired) electrons. The summed E-state index contributed by atoms with van der Waals surface area (Å²) in [6.45, 7) is 6.56. The quantitative estimate of drug-likeness (QED) is 0.548. The number of rotatable bonds is 10. The van der Waals surface area contributed by atoms with Crippen LogP contribution < -0.4 is 5.32 Å². The first-order chi connectivity index (χ1) is 10.1. The van der Waals surface area contributed by atoms with Crippen molar-refractivity contribution in [3.05, 3.63) is 34.9 Å². The molecule has 1 rings (SSSR count). The van der Waals surface area contributed by atoms with Gasteiger partial charge in [0.2, 0.25) is 0 Å². The highest BCUT2D eigenvalue weighted by molar-refractivity contribution is 5.27. The predicted molar refractivity (Wildman–Crippen MR) is 85.5 cm³/mol. The van der Waals surface area contributed by atoms with Gasteiger partial charge in [0.15, 0.2) is 11.6 Å². The first kappa shape index (κ1) is 18.1. The minimum atomic E-state index is -0.710. The highest BCUT2D eigenvalue weighted by Gasteiger charge is 2.18. The van der Waals surface area contributed by atoms with Gasteiger partial charge in [0, 0.05) is 11.6 Å². The smallest absolute Gasteiger partial charge is 0.163 e. The summed E-state index contributed by atoms with van der Waals surface area (Å²) >= 11 is 0. The van der Waals surface area contributed by atoms with E-state index in [0.717, 1.165) is 25.8 Å². The molecule has 1 nitrogen and oxygen atoms in total. The molecule has 0 bridgehead atoms. The zero-order chi connectivity index (χ0) is 15.7. The molecule has 3 heteroatoms. The molecule has 21 heavy (non-hydrogen) atoms. The van der Waals surface area contributed by atoms with E-state index in [4.69, 9.17) is 0 Å². The van der Waals surface area contributed by atoms with Crippen molar-refractivity contribution in [2.45, 2.75) is 71.8 Å². The Morgan fingerprint density at radius 1 is 0.952 bits per heavy atom. The van der Waals surface area contributed by atoms with Crippen molar-refractivity contribution >= 4 is 0 Å². The highest BCUT2D eigenvalue weighted by atomic mass is 19.2. The minimum Gasteiger partial charge on any atom is -0.310 e. The van der Waals surface area contributed by atoms with Crippen LogP contribution in [-0.4, -0.2) is 6.54 Å². The van der Waals surface area contributed by atoms with Crippen LogP contribution in [0, 0.1) is 18.6 Å². The first-order valence-electron chi connectivity index (χ1n) is 8.29. The first-order valence-corrected chi connectivity index (χ1v) is 8.29. The van der Waals surface area contributed by atoms with Crippen LogP contribution in [0.25, 0.3) is 0 Å². The lowest BCUT2D eigenvalue weighted by molar-refractivity contribution is 0.435. The number of unbranched alkanes of at least 4 members (excludes halogenated alkanes) is 5. The molecule has 0 aliphatic carbocycles. The fraction of sp³-hybridized carbons (Fsp3) is 0.667. The lowest BCUT2D eigenvalue weighted by atomic mass is 9.97. The fourth-order valence-corrected chi connectivity index (χ4v) is 2.67. The maximum absolute atomic E-state index is 14.1. The van der Waals surface area contributed by atoms with Crippen molar-refractivity contribution in [2.24, 2.45) is 0 Å². The molecular formula is C18H29F2N. The van der Waals surface area contributed by atoms with Gasteiger partial charge in [-0.25, -0.2) is 8.78 Å². The van der Waals surface area contributed by atoms with Gasteiger partial charge in [-0.3, -0.25) is 0 Å². The molecule has 0 aliphatic rings. The second kappa shape index (κ2) is 9.88. The highest BCUT2D eigenvalue weighted by Crippen LogP contribution is 2.26. The van der Waals surface area contributed by atoms with Crippen LogP contribution in [0.1, 0.15) is 76.0 Å². The van der Waals surface area contributed by atoms with Crippen LogP contribution in [0.2, 0.25) is 0 Å². The van der Waals surface area contributed by atoms with Crippen molar-refractivity contribution in [1.82, 2.24) is 5.32 Å². The average molecular weight is 297 g/mol. The van der Waals surface area contributed by atoms with Gasteiger partial charge in [0.05, 0.1) is 0 Å². The van der Waals surface area contributed by atoms with Gasteiger partial charge in [-0.1, -0.05) is 64.5 Å². The molecule has 120 valence electrons. The molecule has 0 spiro atoms. The minimum absolute atomic E-state index is 0.0868. The lowest BCUT2D eigenvalue weighted by Gasteiger charge is -2.19. The van der Waals surface area contributed by atoms with E-state index in [2.05, 4.69) is 12.2 Å². The third-order valence-corrected chi connectivity index (χ3v) is 3.98. The van der Waals surface area contributed by atoms with Crippen molar-refractivity contribution in [1.29, 1.82) is 0 Å². The molecule has 0 fully saturated rings. The number of nitrogens with one attached hydrogen (secondary N) is 1.